The average Bonchev–Trinajstić information content (AvgIpc) is 2.49. The van der Waals surface area contributed by atoms with E-state index >= 15 is 0 Å². The number of phenols is 1. The van der Waals surface area contributed by atoms with Crippen LogP contribution in [0.1, 0.15) is 16.7 Å². The lowest BCUT2D eigenvalue weighted by atomic mass is 9.98. The van der Waals surface area contributed by atoms with E-state index < -0.39 is 11.4 Å². The lowest BCUT2D eigenvalue weighted by Crippen LogP contribution is -2.16. The van der Waals surface area contributed by atoms with Crippen molar-refractivity contribution in [2.75, 3.05) is 0 Å². The number of aryl methyl sites for hydroxylation is 1. The third-order valence-corrected chi connectivity index (χ3v) is 4.44. The molecule has 118 valence electrons. The van der Waals surface area contributed by atoms with Gasteiger partial charge in [0.1, 0.15) is 11.6 Å². The van der Waals surface area contributed by atoms with Crippen LogP contribution in [0.25, 0.3) is 10.9 Å². The van der Waals surface area contributed by atoms with Gasteiger partial charge in [-0.15, -0.1) is 0 Å². The molecule has 0 amide bonds. The smallest absolute Gasteiger partial charge is 0.252 e. The molecule has 3 nitrogen and oxygen atoms in total. The second-order valence-corrected chi connectivity index (χ2v) is 6.13. The van der Waals surface area contributed by atoms with Gasteiger partial charge in [-0.2, -0.15) is 0 Å². The van der Waals surface area contributed by atoms with Gasteiger partial charge in [0, 0.05) is 27.4 Å². The van der Waals surface area contributed by atoms with Crippen molar-refractivity contribution in [1.29, 1.82) is 0 Å². The summed E-state index contributed by atoms with van der Waals surface area (Å²) in [4.78, 5) is 14.8. The molecule has 23 heavy (non-hydrogen) atoms. The predicted molar refractivity (Wildman–Crippen MR) is 90.2 cm³/mol. The number of benzene rings is 2. The van der Waals surface area contributed by atoms with Crippen molar-refractivity contribution in [3.05, 3.63) is 73.2 Å². The van der Waals surface area contributed by atoms with E-state index in [0.29, 0.717) is 26.6 Å². The molecule has 2 aromatic carbocycles. The van der Waals surface area contributed by atoms with E-state index in [1.807, 2.05) is 0 Å². The minimum absolute atomic E-state index is 0.00143. The first kappa shape index (κ1) is 15.8. The Morgan fingerprint density at radius 2 is 1.96 bits per heavy atom. The topological polar surface area (TPSA) is 53.1 Å². The Balaban J connectivity index is 2.22. The molecule has 0 spiro atoms. The molecule has 0 fully saturated rings. The molecule has 0 saturated heterocycles. The number of rotatable bonds is 2. The molecule has 0 unspecified atom stereocenters. The summed E-state index contributed by atoms with van der Waals surface area (Å²) < 4.78 is 13.9. The highest BCUT2D eigenvalue weighted by molar-refractivity contribution is 6.35. The van der Waals surface area contributed by atoms with Gasteiger partial charge >= 0.3 is 0 Å². The number of phenolic OH excluding ortho intramolecular Hbond substituents is 1. The van der Waals surface area contributed by atoms with E-state index in [1.165, 1.54) is 6.07 Å². The Labute approximate surface area is 141 Å². The maximum Gasteiger partial charge on any atom is 0.252 e. The number of aromatic amines is 1. The highest BCUT2D eigenvalue weighted by Gasteiger charge is 2.16. The number of nitrogens with one attached hydrogen (secondary N) is 1. The van der Waals surface area contributed by atoms with Gasteiger partial charge in [-0.05, 0) is 42.3 Å². The van der Waals surface area contributed by atoms with E-state index in [-0.39, 0.29) is 17.7 Å². The zero-order valence-corrected chi connectivity index (χ0v) is 13.6. The molecule has 0 bridgehead atoms. The average molecular weight is 352 g/mol. The van der Waals surface area contributed by atoms with Crippen LogP contribution in [0.3, 0.4) is 0 Å². The molecule has 1 heterocycles. The number of aromatic nitrogens is 1. The predicted octanol–water partition coefficient (Wildman–Crippen LogP) is 4.58. The van der Waals surface area contributed by atoms with Crippen molar-refractivity contribution in [2.24, 2.45) is 0 Å². The molecule has 3 aromatic rings. The minimum Gasteiger partial charge on any atom is -0.507 e. The SMILES string of the molecule is Cc1c(Cc2ccc(Cl)cc2Cl)c(=O)[nH]c2c(F)ccc(O)c12. The largest absolute Gasteiger partial charge is 0.507 e. The van der Waals surface area contributed by atoms with Gasteiger partial charge in [0.25, 0.3) is 5.56 Å². The van der Waals surface area contributed by atoms with Crippen molar-refractivity contribution in [1.82, 2.24) is 4.98 Å². The van der Waals surface area contributed by atoms with Crippen LogP contribution < -0.4 is 5.56 Å². The molecule has 0 aliphatic rings. The molecular weight excluding hydrogens is 340 g/mol. The highest BCUT2D eigenvalue weighted by Crippen LogP contribution is 2.30. The molecule has 3 rings (SSSR count). The van der Waals surface area contributed by atoms with Gasteiger partial charge in [-0.25, -0.2) is 4.39 Å². The number of H-pyrrole nitrogens is 1. The number of aromatic hydroxyl groups is 1. The van der Waals surface area contributed by atoms with E-state index in [2.05, 4.69) is 4.98 Å². The summed E-state index contributed by atoms with van der Waals surface area (Å²) in [5.41, 5.74) is 1.25. The first-order valence-corrected chi connectivity index (χ1v) is 7.61. The van der Waals surface area contributed by atoms with Crippen molar-refractivity contribution in [2.45, 2.75) is 13.3 Å². The summed E-state index contributed by atoms with van der Waals surface area (Å²) in [6.45, 7) is 1.68. The normalized spacial score (nSPS) is 11.1. The van der Waals surface area contributed by atoms with Crippen LogP contribution in [-0.4, -0.2) is 10.1 Å². The van der Waals surface area contributed by atoms with Gasteiger partial charge in [0.15, 0.2) is 0 Å². The summed E-state index contributed by atoms with van der Waals surface area (Å²) in [6, 6.07) is 7.40. The fourth-order valence-electron chi connectivity index (χ4n) is 2.65. The highest BCUT2D eigenvalue weighted by atomic mass is 35.5. The standard InChI is InChI=1S/C17H12Cl2FNO2/c1-8-11(6-9-2-3-10(18)7-12(9)19)17(23)21-16-13(20)4-5-14(22)15(8)16/h2-5,7,22H,6H2,1H3,(H,21,23). The monoisotopic (exact) mass is 351 g/mol. The Kier molecular flexibility index (Phi) is 4.04. The molecule has 2 N–H and O–H groups in total. The lowest BCUT2D eigenvalue weighted by Gasteiger charge is -2.11. The molecular formula is C17H12Cl2FNO2. The fourth-order valence-corrected chi connectivity index (χ4v) is 3.12. The lowest BCUT2D eigenvalue weighted by molar-refractivity contribution is 0.479. The van der Waals surface area contributed by atoms with Gasteiger partial charge in [0.05, 0.1) is 5.52 Å². The quantitative estimate of drug-likeness (QED) is 0.709. The third-order valence-electron chi connectivity index (χ3n) is 3.86. The molecule has 0 aliphatic carbocycles. The van der Waals surface area contributed by atoms with Crippen molar-refractivity contribution >= 4 is 34.1 Å². The first-order chi connectivity index (χ1) is 10.9. The zero-order valence-electron chi connectivity index (χ0n) is 12.1. The summed E-state index contributed by atoms with van der Waals surface area (Å²) in [5.74, 6) is -0.673. The third kappa shape index (κ3) is 2.80. The van der Waals surface area contributed by atoms with Gasteiger partial charge < -0.3 is 10.1 Å². The Morgan fingerprint density at radius 1 is 1.22 bits per heavy atom. The van der Waals surface area contributed by atoms with Crippen LogP contribution in [-0.2, 0) is 6.42 Å². The summed E-state index contributed by atoms with van der Waals surface area (Å²) in [5, 5.41) is 11.3. The Morgan fingerprint density at radius 3 is 2.65 bits per heavy atom. The molecule has 6 heteroatoms. The molecule has 0 radical (unpaired) electrons. The second kappa shape index (κ2) is 5.87. The van der Waals surface area contributed by atoms with Gasteiger partial charge in [-0.1, -0.05) is 29.3 Å². The van der Waals surface area contributed by atoms with Gasteiger partial charge in [-0.3, -0.25) is 4.79 Å². The van der Waals surface area contributed by atoms with Crippen LogP contribution in [0.2, 0.25) is 10.0 Å². The minimum atomic E-state index is -0.589. The number of fused-ring (bicyclic) bond motifs is 1. The molecule has 0 aliphatic heterocycles. The number of hydrogen-bond acceptors (Lipinski definition) is 2. The maximum absolute atomic E-state index is 13.9. The number of hydrogen-bond donors (Lipinski definition) is 2. The molecule has 0 saturated carbocycles. The number of halogens is 3. The maximum atomic E-state index is 13.9. The fraction of sp³-hybridized carbons (Fsp3) is 0.118. The molecule has 0 atom stereocenters. The van der Waals surface area contributed by atoms with Crippen LogP contribution in [0.4, 0.5) is 4.39 Å². The Bertz CT molecular complexity index is 982. The van der Waals surface area contributed by atoms with Crippen molar-refractivity contribution in [3.8, 4) is 5.75 Å². The van der Waals surface area contributed by atoms with Crippen molar-refractivity contribution < 1.29 is 9.50 Å². The second-order valence-electron chi connectivity index (χ2n) is 5.29. The summed E-state index contributed by atoms with van der Waals surface area (Å²) in [7, 11) is 0. The van der Waals surface area contributed by atoms with Crippen LogP contribution in [0, 0.1) is 12.7 Å². The van der Waals surface area contributed by atoms with E-state index in [4.69, 9.17) is 23.2 Å². The van der Waals surface area contributed by atoms with Crippen molar-refractivity contribution in [3.63, 3.8) is 0 Å². The van der Waals surface area contributed by atoms with E-state index in [9.17, 15) is 14.3 Å². The summed E-state index contributed by atoms with van der Waals surface area (Å²) in [6.07, 6.45) is 0.253. The zero-order chi connectivity index (χ0) is 16.7. The summed E-state index contributed by atoms with van der Waals surface area (Å²) >= 11 is 12.0. The van der Waals surface area contributed by atoms with Crippen LogP contribution in [0.5, 0.6) is 5.75 Å². The Hall–Kier alpha value is -2.04. The van der Waals surface area contributed by atoms with Gasteiger partial charge in [0.2, 0.25) is 0 Å². The number of pyridine rings is 1. The first-order valence-electron chi connectivity index (χ1n) is 6.85. The van der Waals surface area contributed by atoms with E-state index in [1.54, 1.807) is 25.1 Å². The van der Waals surface area contributed by atoms with Crippen LogP contribution in [0.15, 0.2) is 35.1 Å². The molecule has 1 aromatic heterocycles. The van der Waals surface area contributed by atoms with E-state index in [0.717, 1.165) is 11.6 Å². The van der Waals surface area contributed by atoms with Crippen LogP contribution >= 0.6 is 23.2 Å².